The zero-order valence-corrected chi connectivity index (χ0v) is 12.0. The Labute approximate surface area is 122 Å². The van der Waals surface area contributed by atoms with Crippen molar-refractivity contribution in [3.63, 3.8) is 0 Å². The lowest BCUT2D eigenvalue weighted by molar-refractivity contribution is -0.274. The second-order valence-corrected chi connectivity index (χ2v) is 6.07. The molecule has 1 N–H and O–H groups in total. The van der Waals surface area contributed by atoms with Gasteiger partial charge in [-0.25, -0.2) is 8.42 Å². The molecule has 0 radical (unpaired) electrons. The first-order chi connectivity index (χ1) is 9.72. The van der Waals surface area contributed by atoms with Gasteiger partial charge in [0.15, 0.2) is 0 Å². The monoisotopic (exact) mass is 351 g/mol. The van der Waals surface area contributed by atoms with E-state index in [-0.39, 0.29) is 5.56 Å². The molecule has 0 spiro atoms. The van der Waals surface area contributed by atoms with Crippen LogP contribution >= 0.6 is 0 Å². The van der Waals surface area contributed by atoms with Gasteiger partial charge >= 0.3 is 12.5 Å². The molecule has 0 aromatic heterocycles. The van der Waals surface area contributed by atoms with Crippen LogP contribution in [0.5, 0.6) is 5.75 Å². The van der Waals surface area contributed by atoms with Crippen LogP contribution in [0.2, 0.25) is 0 Å². The van der Waals surface area contributed by atoms with E-state index in [1.54, 1.807) is 0 Å². The predicted molar refractivity (Wildman–Crippen MR) is 63.7 cm³/mol. The van der Waals surface area contributed by atoms with Gasteiger partial charge in [0.1, 0.15) is 11.8 Å². The first kappa shape index (κ1) is 18.6. The van der Waals surface area contributed by atoms with Gasteiger partial charge in [0.2, 0.25) is 10.0 Å². The summed E-state index contributed by atoms with van der Waals surface area (Å²) in [7, 11) is -4.65. The summed E-state index contributed by atoms with van der Waals surface area (Å²) in [5.41, 5.74) is -0.0276. The van der Waals surface area contributed by atoms with Crippen LogP contribution in [0.3, 0.4) is 0 Å². The van der Waals surface area contributed by atoms with E-state index in [0.29, 0.717) is 13.0 Å². The molecule has 1 atom stereocenters. The summed E-state index contributed by atoms with van der Waals surface area (Å²) in [6.45, 7) is 1.79. The molecule has 0 heterocycles. The van der Waals surface area contributed by atoms with Gasteiger partial charge in [-0.05, 0) is 25.5 Å². The smallest absolute Gasteiger partial charge is 0.405 e. The summed E-state index contributed by atoms with van der Waals surface area (Å²) in [4.78, 5) is -0.770. The van der Waals surface area contributed by atoms with Crippen LogP contribution in [0, 0.1) is 6.92 Å². The maximum atomic E-state index is 12.4. The average Bonchev–Trinajstić information content (AvgIpc) is 2.28. The highest BCUT2D eigenvalue weighted by molar-refractivity contribution is 7.89. The maximum Gasteiger partial charge on any atom is 0.573 e. The van der Waals surface area contributed by atoms with Gasteiger partial charge in [-0.15, -0.1) is 13.2 Å². The molecule has 0 aliphatic rings. The molecule has 1 aromatic rings. The van der Waals surface area contributed by atoms with Crippen molar-refractivity contribution in [2.45, 2.75) is 37.3 Å². The molecule has 11 heteroatoms. The van der Waals surface area contributed by atoms with E-state index in [9.17, 15) is 34.8 Å². The molecule has 22 heavy (non-hydrogen) atoms. The van der Waals surface area contributed by atoms with Gasteiger partial charge < -0.3 is 4.74 Å². The van der Waals surface area contributed by atoms with Crippen molar-refractivity contribution < 1.29 is 39.5 Å². The number of sulfonamides is 1. The van der Waals surface area contributed by atoms with Crippen molar-refractivity contribution in [1.29, 1.82) is 0 Å². The van der Waals surface area contributed by atoms with E-state index in [0.717, 1.165) is 12.1 Å². The van der Waals surface area contributed by atoms with Crippen LogP contribution in [0.25, 0.3) is 0 Å². The highest BCUT2D eigenvalue weighted by atomic mass is 32.2. The third-order valence-electron chi connectivity index (χ3n) is 2.52. The van der Waals surface area contributed by atoms with E-state index >= 15 is 0 Å². The molecular weight excluding hydrogens is 340 g/mol. The second kappa shape index (κ2) is 5.95. The Morgan fingerprint density at radius 3 is 2.14 bits per heavy atom. The summed E-state index contributed by atoms with van der Waals surface area (Å²) in [5, 5.41) is 0. The standard InChI is InChI=1S/C11H11F6NO3S/c1-6-3-4-8(5-9(6)21-11(15,16)17)22(19,20)18-7(2)10(12,13)14/h3-5,7,18H,1-2H3/t7-/m0/s1. The summed E-state index contributed by atoms with van der Waals surface area (Å²) in [6, 6.07) is -0.0163. The summed E-state index contributed by atoms with van der Waals surface area (Å²) in [6.07, 6.45) is -9.89. The Kier molecular flexibility index (Phi) is 5.02. The van der Waals surface area contributed by atoms with Crippen LogP contribution in [0.4, 0.5) is 26.3 Å². The minimum absolute atomic E-state index is 0.0276. The van der Waals surface area contributed by atoms with Crippen molar-refractivity contribution >= 4 is 10.0 Å². The first-order valence-electron chi connectivity index (χ1n) is 5.68. The van der Waals surface area contributed by atoms with Crippen LogP contribution in [0.1, 0.15) is 12.5 Å². The normalized spacial score (nSPS) is 14.7. The molecule has 0 aliphatic heterocycles. The Balaban J connectivity index is 3.13. The topological polar surface area (TPSA) is 55.4 Å². The van der Waals surface area contributed by atoms with Crippen molar-refractivity contribution in [1.82, 2.24) is 4.72 Å². The number of ether oxygens (including phenoxy) is 1. The highest BCUT2D eigenvalue weighted by Crippen LogP contribution is 2.29. The van der Waals surface area contributed by atoms with E-state index in [1.807, 2.05) is 0 Å². The Morgan fingerprint density at radius 1 is 1.14 bits per heavy atom. The minimum Gasteiger partial charge on any atom is -0.405 e. The number of alkyl halides is 6. The predicted octanol–water partition coefficient (Wildman–Crippen LogP) is 3.12. The number of aryl methyl sites for hydroxylation is 1. The van der Waals surface area contributed by atoms with Crippen LogP contribution < -0.4 is 9.46 Å². The van der Waals surface area contributed by atoms with Gasteiger partial charge in [0.25, 0.3) is 0 Å². The molecular formula is C11H11F6NO3S. The van der Waals surface area contributed by atoms with Gasteiger partial charge in [-0.2, -0.15) is 17.9 Å². The van der Waals surface area contributed by atoms with Crippen molar-refractivity contribution in [3.8, 4) is 5.75 Å². The molecule has 0 saturated carbocycles. The second-order valence-electron chi connectivity index (χ2n) is 4.36. The quantitative estimate of drug-likeness (QED) is 0.848. The zero-order chi connectivity index (χ0) is 17.3. The van der Waals surface area contributed by atoms with Gasteiger partial charge in [0.05, 0.1) is 4.90 Å². The van der Waals surface area contributed by atoms with Crippen molar-refractivity contribution in [2.75, 3.05) is 0 Å². The molecule has 1 rings (SSSR count). The van der Waals surface area contributed by atoms with Crippen LogP contribution in [-0.2, 0) is 10.0 Å². The zero-order valence-electron chi connectivity index (χ0n) is 11.2. The molecule has 0 amide bonds. The lowest BCUT2D eigenvalue weighted by Gasteiger charge is -2.18. The summed E-state index contributed by atoms with van der Waals surface area (Å²) in [5.74, 6) is -0.810. The SMILES string of the molecule is Cc1ccc(S(=O)(=O)N[C@@H](C)C(F)(F)F)cc1OC(F)(F)F. The number of benzene rings is 1. The average molecular weight is 351 g/mol. The molecule has 126 valence electrons. The Hall–Kier alpha value is -1.49. The number of hydrogen-bond donors (Lipinski definition) is 1. The molecule has 4 nitrogen and oxygen atoms in total. The van der Waals surface area contributed by atoms with Crippen LogP contribution in [-0.4, -0.2) is 27.0 Å². The first-order valence-corrected chi connectivity index (χ1v) is 7.16. The van der Waals surface area contributed by atoms with Crippen LogP contribution in [0.15, 0.2) is 23.1 Å². The lowest BCUT2D eigenvalue weighted by Crippen LogP contribution is -2.42. The fourth-order valence-corrected chi connectivity index (χ4v) is 2.59. The van der Waals surface area contributed by atoms with E-state index in [2.05, 4.69) is 4.74 Å². The van der Waals surface area contributed by atoms with E-state index in [4.69, 9.17) is 0 Å². The summed E-state index contributed by atoms with van der Waals surface area (Å²) < 4.78 is 102. The van der Waals surface area contributed by atoms with Crippen molar-refractivity contribution in [2.24, 2.45) is 0 Å². The molecule has 0 saturated heterocycles. The molecule has 0 bridgehead atoms. The van der Waals surface area contributed by atoms with Gasteiger partial charge in [0, 0.05) is 6.07 Å². The van der Waals surface area contributed by atoms with Gasteiger partial charge in [-0.1, -0.05) is 6.07 Å². The molecule has 1 aromatic carbocycles. The van der Waals surface area contributed by atoms with Gasteiger partial charge in [-0.3, -0.25) is 0 Å². The lowest BCUT2D eigenvalue weighted by atomic mass is 10.2. The molecule has 0 fully saturated rings. The van der Waals surface area contributed by atoms with E-state index < -0.39 is 39.2 Å². The minimum atomic E-state index is -5.06. The number of nitrogens with one attached hydrogen (secondary N) is 1. The number of halogens is 6. The third kappa shape index (κ3) is 5.05. The fourth-order valence-electron chi connectivity index (χ4n) is 1.35. The Morgan fingerprint density at radius 2 is 1.68 bits per heavy atom. The third-order valence-corrected chi connectivity index (χ3v) is 4.06. The van der Waals surface area contributed by atoms with E-state index in [1.165, 1.54) is 11.6 Å². The maximum absolute atomic E-state index is 12.4. The fraction of sp³-hybridized carbons (Fsp3) is 0.455. The Bertz CT molecular complexity index is 638. The molecule has 0 unspecified atom stereocenters. The number of rotatable bonds is 4. The molecule has 0 aliphatic carbocycles. The number of hydrogen-bond acceptors (Lipinski definition) is 3. The summed E-state index contributed by atoms with van der Waals surface area (Å²) >= 11 is 0. The highest BCUT2D eigenvalue weighted by Gasteiger charge is 2.39. The van der Waals surface area contributed by atoms with Crippen molar-refractivity contribution in [3.05, 3.63) is 23.8 Å². The largest absolute Gasteiger partial charge is 0.573 e.